The number of halogens is 4. The van der Waals surface area contributed by atoms with Gasteiger partial charge in [0.05, 0.1) is 5.02 Å². The molecule has 0 radical (unpaired) electrons. The van der Waals surface area contributed by atoms with Crippen LogP contribution >= 0.6 is 11.6 Å². The van der Waals surface area contributed by atoms with Crippen LogP contribution < -0.4 is 14.4 Å². The highest BCUT2D eigenvalue weighted by atomic mass is 35.5. The lowest BCUT2D eigenvalue weighted by Crippen LogP contribution is -2.37. The van der Waals surface area contributed by atoms with E-state index in [1.807, 2.05) is 11.8 Å². The molecule has 198 valence electrons. The summed E-state index contributed by atoms with van der Waals surface area (Å²) in [7, 11) is 0. The number of benzene rings is 2. The number of aromatic nitrogens is 2. The Morgan fingerprint density at radius 2 is 1.62 bits per heavy atom. The molecule has 0 aliphatic heterocycles. The first kappa shape index (κ1) is 28.0. The minimum atomic E-state index is -4.76. The quantitative estimate of drug-likeness (QED) is 0.317. The van der Waals surface area contributed by atoms with Crippen molar-refractivity contribution in [3.63, 3.8) is 0 Å². The third-order valence-electron chi connectivity index (χ3n) is 5.46. The standard InChI is InChI=1S/C26H27ClF3N3O4/c1-4-17-14-31-24(32-15-17)33(16-19-5-8-20(9-6-19)36-26(28,29)30)12-11-18-7-10-22(21(27)13-18)37-25(2,3)23(34)35/h5-10,13-15H,4,11-12,16H2,1-3H3,(H,34,35). The summed E-state index contributed by atoms with van der Waals surface area (Å²) in [6.45, 7) is 5.68. The SMILES string of the molecule is CCc1cnc(N(CCc2ccc(OC(C)(C)C(=O)O)c(Cl)c2)Cc2ccc(OC(F)(F)F)cc2)nc1. The lowest BCUT2D eigenvalue weighted by Gasteiger charge is -2.24. The Labute approximate surface area is 217 Å². The molecule has 3 aromatic rings. The fourth-order valence-corrected chi connectivity index (χ4v) is 3.57. The van der Waals surface area contributed by atoms with Gasteiger partial charge in [-0.05, 0) is 67.6 Å². The molecule has 0 spiro atoms. The molecule has 1 aromatic heterocycles. The van der Waals surface area contributed by atoms with Crippen molar-refractivity contribution in [3.05, 3.63) is 76.6 Å². The Balaban J connectivity index is 1.76. The van der Waals surface area contributed by atoms with E-state index in [4.69, 9.17) is 16.3 Å². The van der Waals surface area contributed by atoms with Gasteiger partial charge < -0.3 is 19.5 Å². The predicted molar refractivity (Wildman–Crippen MR) is 133 cm³/mol. The molecule has 2 aromatic carbocycles. The zero-order valence-corrected chi connectivity index (χ0v) is 21.3. The monoisotopic (exact) mass is 537 g/mol. The highest BCUT2D eigenvalue weighted by Crippen LogP contribution is 2.29. The third-order valence-corrected chi connectivity index (χ3v) is 5.76. The summed E-state index contributed by atoms with van der Waals surface area (Å²) >= 11 is 6.35. The van der Waals surface area contributed by atoms with Crippen LogP contribution in [0.25, 0.3) is 0 Å². The largest absolute Gasteiger partial charge is 0.573 e. The number of rotatable bonds is 11. The number of nitrogens with zero attached hydrogens (tertiary/aromatic N) is 3. The van der Waals surface area contributed by atoms with Crippen molar-refractivity contribution in [3.8, 4) is 11.5 Å². The Hall–Kier alpha value is -3.53. The minimum Gasteiger partial charge on any atom is -0.478 e. The zero-order valence-electron chi connectivity index (χ0n) is 20.6. The van der Waals surface area contributed by atoms with Gasteiger partial charge in [-0.3, -0.25) is 0 Å². The number of aryl methyl sites for hydroxylation is 1. The third kappa shape index (κ3) is 8.24. The summed E-state index contributed by atoms with van der Waals surface area (Å²) in [5, 5.41) is 9.56. The molecule has 11 heteroatoms. The number of anilines is 1. The number of hydrogen-bond acceptors (Lipinski definition) is 6. The van der Waals surface area contributed by atoms with Gasteiger partial charge in [-0.1, -0.05) is 36.7 Å². The predicted octanol–water partition coefficient (Wildman–Crippen LogP) is 6.08. The maximum Gasteiger partial charge on any atom is 0.573 e. The van der Waals surface area contributed by atoms with E-state index in [2.05, 4.69) is 14.7 Å². The highest BCUT2D eigenvalue weighted by Gasteiger charge is 2.31. The van der Waals surface area contributed by atoms with Gasteiger partial charge in [0.25, 0.3) is 0 Å². The van der Waals surface area contributed by atoms with Gasteiger partial charge in [0.15, 0.2) is 5.60 Å². The van der Waals surface area contributed by atoms with Gasteiger partial charge in [0, 0.05) is 25.5 Å². The van der Waals surface area contributed by atoms with Gasteiger partial charge in [-0.2, -0.15) is 0 Å². The average molecular weight is 538 g/mol. The fraction of sp³-hybridized carbons (Fsp3) is 0.346. The number of alkyl halides is 3. The molecule has 37 heavy (non-hydrogen) atoms. The van der Waals surface area contributed by atoms with Crippen molar-refractivity contribution in [1.29, 1.82) is 0 Å². The van der Waals surface area contributed by atoms with Gasteiger partial charge in [0.2, 0.25) is 5.95 Å². The number of carbonyl (C=O) groups is 1. The fourth-order valence-electron chi connectivity index (χ4n) is 3.33. The lowest BCUT2D eigenvalue weighted by molar-refractivity contribution is -0.274. The molecule has 0 saturated heterocycles. The maximum absolute atomic E-state index is 12.5. The van der Waals surface area contributed by atoms with E-state index < -0.39 is 17.9 Å². The van der Waals surface area contributed by atoms with E-state index >= 15 is 0 Å². The summed E-state index contributed by atoms with van der Waals surface area (Å²) in [6.07, 6.45) is 0.0439. The number of hydrogen-bond donors (Lipinski definition) is 1. The second-order valence-corrected chi connectivity index (χ2v) is 9.20. The Morgan fingerprint density at radius 1 is 1.00 bits per heavy atom. The van der Waals surface area contributed by atoms with E-state index in [1.165, 1.54) is 26.0 Å². The van der Waals surface area contributed by atoms with Gasteiger partial charge in [0.1, 0.15) is 11.5 Å². The first-order valence-corrected chi connectivity index (χ1v) is 11.9. The molecule has 1 heterocycles. The second kappa shape index (κ2) is 11.7. The van der Waals surface area contributed by atoms with Crippen molar-refractivity contribution < 1.29 is 32.5 Å². The van der Waals surface area contributed by atoms with E-state index in [9.17, 15) is 23.1 Å². The second-order valence-electron chi connectivity index (χ2n) is 8.79. The summed E-state index contributed by atoms with van der Waals surface area (Å²) in [5.74, 6) is -0.679. The molecule has 0 unspecified atom stereocenters. The lowest BCUT2D eigenvalue weighted by atomic mass is 10.1. The molecule has 0 aliphatic rings. The smallest absolute Gasteiger partial charge is 0.478 e. The molecular formula is C26H27ClF3N3O4. The van der Waals surface area contributed by atoms with Crippen molar-refractivity contribution >= 4 is 23.5 Å². The van der Waals surface area contributed by atoms with Crippen molar-refractivity contribution in [2.45, 2.75) is 52.1 Å². The number of carboxylic acids is 1. The highest BCUT2D eigenvalue weighted by molar-refractivity contribution is 6.32. The average Bonchev–Trinajstić information content (AvgIpc) is 2.83. The van der Waals surface area contributed by atoms with Crippen molar-refractivity contribution in [1.82, 2.24) is 9.97 Å². The van der Waals surface area contributed by atoms with Gasteiger partial charge >= 0.3 is 12.3 Å². The zero-order chi connectivity index (χ0) is 27.2. The summed E-state index contributed by atoms with van der Waals surface area (Å²) in [6, 6.07) is 10.8. The van der Waals surface area contributed by atoms with Crippen LogP contribution in [0.2, 0.25) is 5.02 Å². The normalized spacial score (nSPS) is 11.8. The molecule has 1 N–H and O–H groups in total. The number of ether oxygens (including phenoxy) is 2. The van der Waals surface area contributed by atoms with Crippen molar-refractivity contribution in [2.75, 3.05) is 11.4 Å². The van der Waals surface area contributed by atoms with Crippen LogP contribution in [0.4, 0.5) is 19.1 Å². The van der Waals surface area contributed by atoms with Gasteiger partial charge in [-0.15, -0.1) is 13.2 Å². The van der Waals surface area contributed by atoms with E-state index in [1.54, 1.807) is 42.7 Å². The molecular weight excluding hydrogens is 511 g/mol. The summed E-state index contributed by atoms with van der Waals surface area (Å²) in [5.41, 5.74) is 1.15. The van der Waals surface area contributed by atoms with Crippen molar-refractivity contribution in [2.24, 2.45) is 0 Å². The van der Waals surface area contributed by atoms with Crippen LogP contribution in [0.5, 0.6) is 11.5 Å². The van der Waals surface area contributed by atoms with E-state index in [0.717, 1.165) is 23.1 Å². The Bertz CT molecular complexity index is 1200. The first-order valence-electron chi connectivity index (χ1n) is 11.5. The van der Waals surface area contributed by atoms with Crippen LogP contribution in [-0.4, -0.2) is 39.6 Å². The molecule has 0 atom stereocenters. The van der Waals surface area contributed by atoms with Crippen LogP contribution in [0.15, 0.2) is 54.9 Å². The van der Waals surface area contributed by atoms with Gasteiger partial charge in [-0.25, -0.2) is 14.8 Å². The van der Waals surface area contributed by atoms with E-state index in [0.29, 0.717) is 25.5 Å². The van der Waals surface area contributed by atoms with Crippen LogP contribution in [0.3, 0.4) is 0 Å². The minimum absolute atomic E-state index is 0.259. The molecule has 0 fully saturated rings. The van der Waals surface area contributed by atoms with E-state index in [-0.39, 0.29) is 16.5 Å². The maximum atomic E-state index is 12.5. The number of carboxylic acid groups (broad SMARTS) is 1. The van der Waals surface area contributed by atoms with Crippen LogP contribution in [0, 0.1) is 0 Å². The molecule has 3 rings (SSSR count). The molecule has 7 nitrogen and oxygen atoms in total. The molecule has 0 aliphatic carbocycles. The number of aliphatic carboxylic acids is 1. The molecule has 0 saturated carbocycles. The summed E-state index contributed by atoms with van der Waals surface area (Å²) in [4.78, 5) is 22.2. The summed E-state index contributed by atoms with van der Waals surface area (Å²) < 4.78 is 46.9. The Kier molecular flexibility index (Phi) is 8.85. The molecule has 0 amide bonds. The first-order chi connectivity index (χ1) is 17.4. The topological polar surface area (TPSA) is 84.8 Å². The molecule has 0 bridgehead atoms. The van der Waals surface area contributed by atoms with Crippen LogP contribution in [0.1, 0.15) is 37.5 Å². The van der Waals surface area contributed by atoms with Crippen LogP contribution in [-0.2, 0) is 24.2 Å². The Morgan fingerprint density at radius 3 is 2.16 bits per heavy atom.